The first-order valence-electron chi connectivity index (χ1n) is 9.64. The third kappa shape index (κ3) is 6.18. The molecule has 0 spiro atoms. The number of hydrogen-bond acceptors (Lipinski definition) is 6. The molecule has 0 aliphatic heterocycles. The van der Waals surface area contributed by atoms with Gasteiger partial charge in [0.05, 0.1) is 0 Å². The number of carbonyl (C=O) groups is 1. The summed E-state index contributed by atoms with van der Waals surface area (Å²) in [6, 6.07) is 3.51. The Kier molecular flexibility index (Phi) is 8.71. The molecule has 1 fully saturated rings. The average Bonchev–Trinajstić information content (AvgIpc) is 3.13. The number of phenolic OH excluding ortho intramolecular Hbond substituents is 1. The van der Waals surface area contributed by atoms with Crippen molar-refractivity contribution in [2.75, 3.05) is 52.2 Å². The molecule has 1 aromatic carbocycles. The van der Waals surface area contributed by atoms with E-state index in [2.05, 4.69) is 22.6 Å². The van der Waals surface area contributed by atoms with Crippen LogP contribution < -0.4 is 15.4 Å². The maximum Gasteiger partial charge on any atom is 0.157 e. The number of aldehydes is 1. The number of nitrogens with zero attached hydrogens (tertiary/aromatic N) is 1. The molecule has 0 amide bonds. The van der Waals surface area contributed by atoms with Crippen molar-refractivity contribution < 1.29 is 14.6 Å². The van der Waals surface area contributed by atoms with Gasteiger partial charge in [0.25, 0.3) is 0 Å². The van der Waals surface area contributed by atoms with Gasteiger partial charge in [0, 0.05) is 26.7 Å². The Balaban J connectivity index is 1.76. The molecule has 0 aromatic heterocycles. The predicted molar refractivity (Wildman–Crippen MR) is 105 cm³/mol. The van der Waals surface area contributed by atoms with Crippen LogP contribution in [0.2, 0.25) is 0 Å². The molecule has 6 heteroatoms. The summed E-state index contributed by atoms with van der Waals surface area (Å²) < 4.78 is 5.53. The molecular formula is C20H33N3O3. The Morgan fingerprint density at radius 2 is 2.08 bits per heavy atom. The highest BCUT2D eigenvalue weighted by Crippen LogP contribution is 2.36. The summed E-state index contributed by atoms with van der Waals surface area (Å²) in [5, 5.41) is 16.4. The lowest BCUT2D eigenvalue weighted by molar-refractivity contribution is -0.109. The van der Waals surface area contributed by atoms with Gasteiger partial charge < -0.3 is 25.4 Å². The Bertz CT molecular complexity index is 559. The first-order valence-corrected chi connectivity index (χ1v) is 9.64. The van der Waals surface area contributed by atoms with E-state index in [0.717, 1.165) is 37.5 Å². The fraction of sp³-hybridized carbons (Fsp3) is 0.650. The SMILES string of the molecule is CNc1c(O)ccc(CCNCCN(C)CC2CCCC2)c1OCC=O. The lowest BCUT2D eigenvalue weighted by atomic mass is 10.1. The molecule has 0 atom stereocenters. The van der Waals surface area contributed by atoms with Crippen LogP contribution in [0.4, 0.5) is 5.69 Å². The van der Waals surface area contributed by atoms with E-state index in [9.17, 15) is 9.90 Å². The number of aromatic hydroxyl groups is 1. The van der Waals surface area contributed by atoms with Gasteiger partial charge in [-0.15, -0.1) is 0 Å². The van der Waals surface area contributed by atoms with E-state index in [-0.39, 0.29) is 12.4 Å². The van der Waals surface area contributed by atoms with E-state index < -0.39 is 0 Å². The van der Waals surface area contributed by atoms with E-state index in [1.807, 2.05) is 6.07 Å². The molecule has 6 nitrogen and oxygen atoms in total. The van der Waals surface area contributed by atoms with E-state index in [0.29, 0.717) is 17.7 Å². The highest BCUT2D eigenvalue weighted by molar-refractivity contribution is 5.69. The number of anilines is 1. The minimum Gasteiger partial charge on any atom is -0.506 e. The minimum atomic E-state index is -0.0233. The van der Waals surface area contributed by atoms with Gasteiger partial charge in [-0.25, -0.2) is 0 Å². The lowest BCUT2D eigenvalue weighted by Gasteiger charge is -2.21. The van der Waals surface area contributed by atoms with Crippen molar-refractivity contribution in [3.05, 3.63) is 17.7 Å². The third-order valence-electron chi connectivity index (χ3n) is 5.05. The van der Waals surface area contributed by atoms with Crippen molar-refractivity contribution in [3.8, 4) is 11.5 Å². The van der Waals surface area contributed by atoms with Crippen molar-refractivity contribution >= 4 is 12.0 Å². The smallest absolute Gasteiger partial charge is 0.157 e. The third-order valence-corrected chi connectivity index (χ3v) is 5.05. The number of likely N-dealkylation sites (N-methyl/N-ethyl adjacent to an activating group) is 1. The summed E-state index contributed by atoms with van der Waals surface area (Å²) in [4.78, 5) is 13.1. The maximum atomic E-state index is 10.6. The Morgan fingerprint density at radius 3 is 2.77 bits per heavy atom. The van der Waals surface area contributed by atoms with E-state index in [1.54, 1.807) is 13.1 Å². The molecule has 1 saturated carbocycles. The first kappa shape index (κ1) is 20.5. The molecule has 146 valence electrons. The van der Waals surface area contributed by atoms with Gasteiger partial charge in [-0.05, 0) is 50.4 Å². The number of ether oxygens (including phenoxy) is 1. The van der Waals surface area contributed by atoms with Crippen LogP contribution in [0.25, 0.3) is 0 Å². The first-order chi connectivity index (χ1) is 12.7. The predicted octanol–water partition coefficient (Wildman–Crippen LogP) is 2.27. The number of hydrogen-bond donors (Lipinski definition) is 3. The molecule has 0 heterocycles. The van der Waals surface area contributed by atoms with Crippen LogP contribution in [0.15, 0.2) is 12.1 Å². The van der Waals surface area contributed by atoms with Gasteiger partial charge in [-0.2, -0.15) is 0 Å². The van der Waals surface area contributed by atoms with Gasteiger partial charge in [-0.3, -0.25) is 4.79 Å². The molecule has 1 aliphatic rings. The summed E-state index contributed by atoms with van der Waals surface area (Å²) in [7, 11) is 3.93. The summed E-state index contributed by atoms with van der Waals surface area (Å²) in [5.41, 5.74) is 1.50. The van der Waals surface area contributed by atoms with Gasteiger partial charge in [0.2, 0.25) is 0 Å². The number of benzene rings is 1. The number of nitrogens with one attached hydrogen (secondary N) is 2. The number of rotatable bonds is 12. The molecule has 26 heavy (non-hydrogen) atoms. The van der Waals surface area contributed by atoms with Crippen molar-refractivity contribution in [3.63, 3.8) is 0 Å². The largest absolute Gasteiger partial charge is 0.506 e. The van der Waals surface area contributed by atoms with Gasteiger partial charge in [-0.1, -0.05) is 18.9 Å². The second-order valence-corrected chi connectivity index (χ2v) is 7.09. The van der Waals surface area contributed by atoms with E-state index in [1.165, 1.54) is 32.2 Å². The van der Waals surface area contributed by atoms with Crippen LogP contribution in [0.5, 0.6) is 11.5 Å². The molecule has 1 aromatic rings. The molecule has 0 radical (unpaired) electrons. The monoisotopic (exact) mass is 363 g/mol. The summed E-state index contributed by atoms with van der Waals surface area (Å²) in [5.74, 6) is 1.56. The Hall–Kier alpha value is -1.79. The molecule has 0 bridgehead atoms. The summed E-state index contributed by atoms with van der Waals surface area (Å²) in [6.07, 6.45) is 7.05. The second-order valence-electron chi connectivity index (χ2n) is 7.09. The van der Waals surface area contributed by atoms with Crippen molar-refractivity contribution in [2.45, 2.75) is 32.1 Å². The maximum absolute atomic E-state index is 10.6. The standard InChI is InChI=1S/C20H33N3O3/c1-21-19-18(25)8-7-17(20(19)26-14-13-24)9-10-22-11-12-23(2)15-16-5-3-4-6-16/h7-8,13,16,21-22,25H,3-6,9-12,14-15H2,1-2H3. The van der Waals surface area contributed by atoms with Gasteiger partial charge in [0.15, 0.2) is 6.29 Å². The molecular weight excluding hydrogens is 330 g/mol. The average molecular weight is 364 g/mol. The highest BCUT2D eigenvalue weighted by atomic mass is 16.5. The van der Waals surface area contributed by atoms with Crippen LogP contribution in [-0.4, -0.2) is 63.2 Å². The van der Waals surface area contributed by atoms with Crippen LogP contribution >= 0.6 is 0 Å². The van der Waals surface area contributed by atoms with Crippen molar-refractivity contribution in [2.24, 2.45) is 5.92 Å². The van der Waals surface area contributed by atoms with E-state index in [4.69, 9.17) is 4.74 Å². The van der Waals surface area contributed by atoms with Crippen LogP contribution in [0.1, 0.15) is 31.2 Å². The Morgan fingerprint density at radius 1 is 1.31 bits per heavy atom. The lowest BCUT2D eigenvalue weighted by Crippen LogP contribution is -2.33. The van der Waals surface area contributed by atoms with Crippen LogP contribution in [0, 0.1) is 5.92 Å². The zero-order chi connectivity index (χ0) is 18.8. The fourth-order valence-corrected chi connectivity index (χ4v) is 3.68. The molecule has 0 saturated heterocycles. The van der Waals surface area contributed by atoms with Gasteiger partial charge in [0.1, 0.15) is 23.8 Å². The fourth-order valence-electron chi connectivity index (χ4n) is 3.68. The zero-order valence-electron chi connectivity index (χ0n) is 16.1. The second kappa shape index (κ2) is 11.0. The van der Waals surface area contributed by atoms with Crippen molar-refractivity contribution in [1.82, 2.24) is 10.2 Å². The Labute approximate surface area is 156 Å². The quantitative estimate of drug-likeness (QED) is 0.301. The number of phenols is 1. The molecule has 3 N–H and O–H groups in total. The molecule has 2 rings (SSSR count). The van der Waals surface area contributed by atoms with Crippen LogP contribution in [0.3, 0.4) is 0 Å². The zero-order valence-corrected chi connectivity index (χ0v) is 16.1. The minimum absolute atomic E-state index is 0.0233. The number of carbonyl (C=O) groups excluding carboxylic acids is 1. The topological polar surface area (TPSA) is 73.8 Å². The van der Waals surface area contributed by atoms with Gasteiger partial charge >= 0.3 is 0 Å². The summed E-state index contributed by atoms with van der Waals surface area (Å²) >= 11 is 0. The van der Waals surface area contributed by atoms with E-state index >= 15 is 0 Å². The summed E-state index contributed by atoms with van der Waals surface area (Å²) in [6.45, 7) is 4.00. The van der Waals surface area contributed by atoms with Crippen LogP contribution in [-0.2, 0) is 11.2 Å². The molecule has 1 aliphatic carbocycles. The van der Waals surface area contributed by atoms with Crippen molar-refractivity contribution in [1.29, 1.82) is 0 Å². The highest BCUT2D eigenvalue weighted by Gasteiger charge is 2.16. The normalized spacial score (nSPS) is 14.7. The molecule has 0 unspecified atom stereocenters.